The van der Waals surface area contributed by atoms with Crippen LogP contribution in [0.1, 0.15) is 34.6 Å². The SMILES string of the molecule is CCOC(=O)c1cccc([C@H](C#N)c2ccccc2)n1. The Morgan fingerprint density at radius 3 is 2.65 bits per heavy atom. The predicted molar refractivity (Wildman–Crippen MR) is 74.1 cm³/mol. The average molecular weight is 266 g/mol. The smallest absolute Gasteiger partial charge is 0.356 e. The number of hydrogen-bond donors (Lipinski definition) is 0. The fourth-order valence-corrected chi connectivity index (χ4v) is 1.89. The fraction of sp³-hybridized carbons (Fsp3) is 0.188. The number of esters is 1. The quantitative estimate of drug-likeness (QED) is 0.798. The molecule has 1 atom stereocenters. The number of nitrogens with zero attached hydrogens (tertiary/aromatic N) is 2. The normalized spacial score (nSPS) is 11.4. The largest absolute Gasteiger partial charge is 0.461 e. The molecule has 1 heterocycles. The first kappa shape index (κ1) is 13.8. The summed E-state index contributed by atoms with van der Waals surface area (Å²) in [5.74, 6) is -0.968. The van der Waals surface area contributed by atoms with E-state index in [1.165, 1.54) is 0 Å². The first-order chi connectivity index (χ1) is 9.76. The number of rotatable bonds is 4. The molecule has 20 heavy (non-hydrogen) atoms. The first-order valence-corrected chi connectivity index (χ1v) is 6.35. The molecule has 0 radical (unpaired) electrons. The van der Waals surface area contributed by atoms with Crippen LogP contribution < -0.4 is 0 Å². The van der Waals surface area contributed by atoms with Crippen LogP contribution in [0.25, 0.3) is 0 Å². The lowest BCUT2D eigenvalue weighted by Crippen LogP contribution is -2.10. The molecule has 1 aromatic heterocycles. The molecule has 2 aromatic rings. The van der Waals surface area contributed by atoms with Gasteiger partial charge in [0.15, 0.2) is 0 Å². The molecule has 0 bridgehead atoms. The Hall–Kier alpha value is -2.67. The third-order valence-corrected chi connectivity index (χ3v) is 2.81. The molecule has 0 aliphatic heterocycles. The summed E-state index contributed by atoms with van der Waals surface area (Å²) < 4.78 is 4.92. The Morgan fingerprint density at radius 2 is 2.00 bits per heavy atom. The molecular formula is C16H14N2O2. The second-order valence-electron chi connectivity index (χ2n) is 4.14. The molecule has 100 valence electrons. The molecule has 0 saturated carbocycles. The van der Waals surface area contributed by atoms with Gasteiger partial charge >= 0.3 is 5.97 Å². The second-order valence-corrected chi connectivity index (χ2v) is 4.14. The number of pyridine rings is 1. The van der Waals surface area contributed by atoms with Gasteiger partial charge in [0, 0.05) is 0 Å². The lowest BCUT2D eigenvalue weighted by atomic mass is 9.96. The maximum atomic E-state index is 11.7. The van der Waals surface area contributed by atoms with Crippen molar-refractivity contribution in [1.29, 1.82) is 5.26 Å². The molecule has 0 amide bonds. The predicted octanol–water partition coefficient (Wildman–Crippen LogP) is 2.91. The Bertz CT molecular complexity index is 632. The minimum Gasteiger partial charge on any atom is -0.461 e. The van der Waals surface area contributed by atoms with Crippen molar-refractivity contribution in [3.8, 4) is 6.07 Å². The summed E-state index contributed by atoms with van der Waals surface area (Å²) in [6.07, 6.45) is 0. The number of hydrogen-bond acceptors (Lipinski definition) is 4. The van der Waals surface area contributed by atoms with Gasteiger partial charge in [-0.15, -0.1) is 0 Å². The lowest BCUT2D eigenvalue weighted by Gasteiger charge is -2.10. The standard InChI is InChI=1S/C16H14N2O2/c1-2-20-16(19)15-10-6-9-14(18-15)13(11-17)12-7-4-3-5-8-12/h3-10,13H,2H2,1H3/t13-/m1/s1. The minimum absolute atomic E-state index is 0.223. The summed E-state index contributed by atoms with van der Waals surface area (Å²) >= 11 is 0. The van der Waals surface area contributed by atoms with Gasteiger partial charge < -0.3 is 4.74 Å². The van der Waals surface area contributed by atoms with E-state index < -0.39 is 11.9 Å². The van der Waals surface area contributed by atoms with Gasteiger partial charge in [0.1, 0.15) is 11.6 Å². The molecule has 0 N–H and O–H groups in total. The van der Waals surface area contributed by atoms with Crippen molar-refractivity contribution in [1.82, 2.24) is 4.98 Å². The molecule has 0 spiro atoms. The van der Waals surface area contributed by atoms with E-state index in [4.69, 9.17) is 4.74 Å². The molecular weight excluding hydrogens is 252 g/mol. The van der Waals surface area contributed by atoms with E-state index in [0.717, 1.165) is 5.56 Å². The molecule has 1 aromatic carbocycles. The number of nitriles is 1. The Morgan fingerprint density at radius 1 is 1.25 bits per heavy atom. The van der Waals surface area contributed by atoms with Gasteiger partial charge in [-0.05, 0) is 24.6 Å². The number of carbonyl (C=O) groups excluding carboxylic acids is 1. The van der Waals surface area contributed by atoms with Crippen LogP contribution in [0.5, 0.6) is 0 Å². The molecule has 0 saturated heterocycles. The zero-order chi connectivity index (χ0) is 14.4. The number of carbonyl (C=O) groups is 1. The minimum atomic E-state index is -0.495. The monoisotopic (exact) mass is 266 g/mol. The Kier molecular flexibility index (Phi) is 4.46. The van der Waals surface area contributed by atoms with Gasteiger partial charge in [-0.2, -0.15) is 5.26 Å². The van der Waals surface area contributed by atoms with Crippen LogP contribution in [-0.2, 0) is 4.74 Å². The summed E-state index contributed by atoms with van der Waals surface area (Å²) in [5, 5.41) is 9.36. The highest BCUT2D eigenvalue weighted by molar-refractivity contribution is 5.87. The highest BCUT2D eigenvalue weighted by Gasteiger charge is 2.17. The zero-order valence-corrected chi connectivity index (χ0v) is 11.1. The third-order valence-electron chi connectivity index (χ3n) is 2.81. The van der Waals surface area contributed by atoms with Crippen LogP contribution in [-0.4, -0.2) is 17.6 Å². The van der Waals surface area contributed by atoms with E-state index >= 15 is 0 Å². The van der Waals surface area contributed by atoms with Gasteiger partial charge in [0.2, 0.25) is 0 Å². The van der Waals surface area contributed by atoms with Crippen molar-refractivity contribution in [3.63, 3.8) is 0 Å². The van der Waals surface area contributed by atoms with Gasteiger partial charge in [0.25, 0.3) is 0 Å². The maximum absolute atomic E-state index is 11.7. The molecule has 0 fully saturated rings. The topological polar surface area (TPSA) is 63.0 Å². The van der Waals surface area contributed by atoms with Crippen molar-refractivity contribution >= 4 is 5.97 Å². The van der Waals surface area contributed by atoms with E-state index in [1.807, 2.05) is 30.3 Å². The van der Waals surface area contributed by atoms with Crippen LogP contribution in [0.4, 0.5) is 0 Å². The Balaban J connectivity index is 2.35. The van der Waals surface area contributed by atoms with Crippen molar-refractivity contribution in [2.75, 3.05) is 6.61 Å². The number of aromatic nitrogens is 1. The van der Waals surface area contributed by atoms with Gasteiger partial charge in [-0.3, -0.25) is 0 Å². The van der Waals surface area contributed by atoms with Crippen LogP contribution in [0.3, 0.4) is 0 Å². The number of benzene rings is 1. The van der Waals surface area contributed by atoms with Crippen molar-refractivity contribution in [2.45, 2.75) is 12.8 Å². The van der Waals surface area contributed by atoms with E-state index in [9.17, 15) is 10.1 Å². The summed E-state index contributed by atoms with van der Waals surface area (Å²) in [4.78, 5) is 15.9. The van der Waals surface area contributed by atoms with Crippen LogP contribution in [0, 0.1) is 11.3 Å². The summed E-state index contributed by atoms with van der Waals surface area (Å²) in [6, 6.07) is 16.6. The lowest BCUT2D eigenvalue weighted by molar-refractivity contribution is 0.0519. The van der Waals surface area contributed by atoms with Gasteiger partial charge in [-0.25, -0.2) is 9.78 Å². The van der Waals surface area contributed by atoms with Crippen LogP contribution >= 0.6 is 0 Å². The zero-order valence-electron chi connectivity index (χ0n) is 11.1. The molecule has 0 aliphatic carbocycles. The third kappa shape index (κ3) is 3.01. The molecule has 4 nitrogen and oxygen atoms in total. The van der Waals surface area contributed by atoms with Crippen LogP contribution in [0.15, 0.2) is 48.5 Å². The molecule has 0 aliphatic rings. The second kappa shape index (κ2) is 6.48. The maximum Gasteiger partial charge on any atom is 0.356 e. The number of ether oxygens (including phenoxy) is 1. The Labute approximate surface area is 117 Å². The molecule has 0 unspecified atom stereocenters. The van der Waals surface area contributed by atoms with E-state index in [-0.39, 0.29) is 5.69 Å². The fourth-order valence-electron chi connectivity index (χ4n) is 1.89. The van der Waals surface area contributed by atoms with Crippen molar-refractivity contribution in [3.05, 3.63) is 65.5 Å². The van der Waals surface area contributed by atoms with Gasteiger partial charge in [0.05, 0.1) is 18.4 Å². The summed E-state index contributed by atoms with van der Waals surface area (Å²) in [6.45, 7) is 2.04. The molecule has 4 heteroatoms. The average Bonchev–Trinajstić information content (AvgIpc) is 2.50. The highest BCUT2D eigenvalue weighted by Crippen LogP contribution is 2.22. The van der Waals surface area contributed by atoms with E-state index in [0.29, 0.717) is 12.3 Å². The summed E-state index contributed by atoms with van der Waals surface area (Å²) in [7, 11) is 0. The van der Waals surface area contributed by atoms with E-state index in [2.05, 4.69) is 11.1 Å². The summed E-state index contributed by atoms with van der Waals surface area (Å²) in [5.41, 5.74) is 1.62. The van der Waals surface area contributed by atoms with Crippen molar-refractivity contribution < 1.29 is 9.53 Å². The first-order valence-electron chi connectivity index (χ1n) is 6.35. The van der Waals surface area contributed by atoms with Crippen LogP contribution in [0.2, 0.25) is 0 Å². The highest BCUT2D eigenvalue weighted by atomic mass is 16.5. The van der Waals surface area contributed by atoms with Gasteiger partial charge in [-0.1, -0.05) is 36.4 Å². The molecule has 2 rings (SSSR count). The van der Waals surface area contributed by atoms with E-state index in [1.54, 1.807) is 25.1 Å². The van der Waals surface area contributed by atoms with Crippen molar-refractivity contribution in [2.24, 2.45) is 0 Å².